The zero-order chi connectivity index (χ0) is 23.7. The van der Waals surface area contributed by atoms with Crippen LogP contribution in [0.5, 0.6) is 0 Å². The number of rotatable bonds is 3. The fourth-order valence-electron chi connectivity index (χ4n) is 3.99. The van der Waals surface area contributed by atoms with Crippen molar-refractivity contribution in [3.05, 3.63) is 118 Å². The van der Waals surface area contributed by atoms with E-state index in [2.05, 4.69) is 11.4 Å². The maximum atomic E-state index is 13.7. The van der Waals surface area contributed by atoms with Crippen molar-refractivity contribution in [1.82, 2.24) is 0 Å². The number of halogens is 1. The summed E-state index contributed by atoms with van der Waals surface area (Å²) in [6, 6.07) is 28.4. The number of fused-ring (bicyclic) bond motifs is 2. The molecule has 0 fully saturated rings. The molecule has 1 aliphatic heterocycles. The molecule has 0 saturated heterocycles. The third kappa shape index (κ3) is 4.32. The fraction of sp³-hybridized carbons (Fsp3) is 0.0714. The summed E-state index contributed by atoms with van der Waals surface area (Å²) in [5, 5.41) is 3.16. The van der Waals surface area contributed by atoms with Gasteiger partial charge in [0.1, 0.15) is 0 Å². The number of amides is 2. The molecular weight excluding hydrogens is 464 g/mol. The lowest BCUT2D eigenvalue weighted by atomic mass is 10.1. The second-order valence-corrected chi connectivity index (χ2v) is 9.52. The first-order valence-electron chi connectivity index (χ1n) is 10.8. The molecule has 0 bridgehead atoms. The highest BCUT2D eigenvalue weighted by molar-refractivity contribution is 7.99. The van der Waals surface area contributed by atoms with Gasteiger partial charge in [0.2, 0.25) is 0 Å². The van der Waals surface area contributed by atoms with Crippen molar-refractivity contribution in [3.63, 3.8) is 0 Å². The van der Waals surface area contributed by atoms with Crippen LogP contribution >= 0.6 is 23.4 Å². The Balaban J connectivity index is 1.45. The van der Waals surface area contributed by atoms with Crippen molar-refractivity contribution in [2.75, 3.05) is 10.2 Å². The topological polar surface area (TPSA) is 49.4 Å². The highest BCUT2D eigenvalue weighted by Gasteiger charge is 2.26. The van der Waals surface area contributed by atoms with Crippen molar-refractivity contribution in [2.24, 2.45) is 0 Å². The van der Waals surface area contributed by atoms with E-state index in [1.807, 2.05) is 67.6 Å². The molecule has 2 amide bonds. The SMILES string of the molecule is Cc1ccccc1C(=O)Nc1ccc(C(=O)N2Cc3ccccc3Sc3ccccc32)c(Cl)c1. The summed E-state index contributed by atoms with van der Waals surface area (Å²) in [6.45, 7) is 2.33. The first kappa shape index (κ1) is 22.3. The Kier molecular flexibility index (Phi) is 6.14. The van der Waals surface area contributed by atoms with Gasteiger partial charge in [-0.2, -0.15) is 0 Å². The number of hydrogen-bond donors (Lipinski definition) is 1. The summed E-state index contributed by atoms with van der Waals surface area (Å²) in [4.78, 5) is 30.3. The van der Waals surface area contributed by atoms with E-state index in [-0.39, 0.29) is 16.8 Å². The van der Waals surface area contributed by atoms with Crippen LogP contribution in [0.2, 0.25) is 5.02 Å². The maximum absolute atomic E-state index is 13.7. The summed E-state index contributed by atoms with van der Waals surface area (Å²) in [5.74, 6) is -0.408. The molecule has 0 radical (unpaired) electrons. The van der Waals surface area contributed by atoms with Crippen molar-refractivity contribution >= 4 is 46.6 Å². The van der Waals surface area contributed by atoms with Crippen molar-refractivity contribution in [2.45, 2.75) is 23.3 Å². The number of aryl methyl sites for hydroxylation is 1. The van der Waals surface area contributed by atoms with Crippen molar-refractivity contribution in [3.8, 4) is 0 Å². The zero-order valence-corrected chi connectivity index (χ0v) is 20.0. The van der Waals surface area contributed by atoms with Crippen LogP contribution in [-0.2, 0) is 6.54 Å². The third-order valence-electron chi connectivity index (χ3n) is 5.77. The van der Waals surface area contributed by atoms with E-state index in [1.165, 1.54) is 0 Å². The zero-order valence-electron chi connectivity index (χ0n) is 18.4. The standard InChI is InChI=1S/C28H21ClN2O2S/c1-18-8-2-4-10-21(18)27(32)30-20-14-15-22(23(29)16-20)28(33)31-17-19-9-3-6-12-25(19)34-26-13-7-5-11-24(26)31/h2-16H,17H2,1H3,(H,30,32). The number of carbonyl (C=O) groups is 2. The van der Waals surface area contributed by atoms with Gasteiger partial charge in [-0.3, -0.25) is 9.59 Å². The molecule has 4 aromatic rings. The molecule has 168 valence electrons. The highest BCUT2D eigenvalue weighted by atomic mass is 35.5. The van der Waals surface area contributed by atoms with E-state index in [4.69, 9.17) is 11.6 Å². The predicted molar refractivity (Wildman–Crippen MR) is 138 cm³/mol. The number of anilines is 2. The third-order valence-corrected chi connectivity index (χ3v) is 7.27. The molecule has 34 heavy (non-hydrogen) atoms. The van der Waals surface area contributed by atoms with E-state index in [0.29, 0.717) is 23.4 Å². The summed E-state index contributed by atoms with van der Waals surface area (Å²) in [6.07, 6.45) is 0. The lowest BCUT2D eigenvalue weighted by molar-refractivity contribution is 0.0983. The van der Waals surface area contributed by atoms with Gasteiger partial charge in [-0.05, 0) is 60.5 Å². The number of carbonyl (C=O) groups excluding carboxylic acids is 2. The molecule has 0 aliphatic carbocycles. The molecule has 6 heteroatoms. The molecule has 0 atom stereocenters. The largest absolute Gasteiger partial charge is 0.322 e. The Morgan fingerprint density at radius 2 is 1.56 bits per heavy atom. The molecule has 0 spiro atoms. The number of benzene rings is 4. The minimum atomic E-state index is -0.219. The molecule has 1 aliphatic rings. The lowest BCUT2D eigenvalue weighted by Crippen LogP contribution is -2.30. The summed E-state index contributed by atoms with van der Waals surface area (Å²) >= 11 is 8.23. The fourth-order valence-corrected chi connectivity index (χ4v) is 5.33. The first-order chi connectivity index (χ1) is 16.5. The van der Waals surface area contributed by atoms with Crippen molar-refractivity contribution < 1.29 is 9.59 Å². The molecule has 0 unspecified atom stereocenters. The molecule has 4 nitrogen and oxygen atoms in total. The molecule has 0 saturated carbocycles. The Morgan fingerprint density at radius 1 is 0.853 bits per heavy atom. The van der Waals surface area contributed by atoms with Gasteiger partial charge in [-0.25, -0.2) is 0 Å². The van der Waals surface area contributed by atoms with Crippen LogP contribution in [-0.4, -0.2) is 11.8 Å². The van der Waals surface area contributed by atoms with Crippen LogP contribution in [0.4, 0.5) is 11.4 Å². The number of nitrogens with zero attached hydrogens (tertiary/aromatic N) is 1. The number of para-hydroxylation sites is 1. The van der Waals surface area contributed by atoms with Gasteiger partial charge < -0.3 is 10.2 Å². The summed E-state index contributed by atoms with van der Waals surface area (Å²) in [7, 11) is 0. The highest BCUT2D eigenvalue weighted by Crippen LogP contribution is 2.42. The number of nitrogens with one attached hydrogen (secondary N) is 1. The van der Waals surface area contributed by atoms with Crippen LogP contribution in [0.1, 0.15) is 31.8 Å². The van der Waals surface area contributed by atoms with Crippen LogP contribution in [0.25, 0.3) is 0 Å². The van der Waals surface area contributed by atoms with E-state index in [0.717, 1.165) is 26.6 Å². The van der Waals surface area contributed by atoms with Gasteiger partial charge in [0.15, 0.2) is 0 Å². The molecule has 1 heterocycles. The van der Waals surface area contributed by atoms with Gasteiger partial charge in [-0.1, -0.05) is 71.9 Å². The smallest absolute Gasteiger partial charge is 0.260 e. The molecule has 4 aromatic carbocycles. The normalized spacial score (nSPS) is 12.4. The minimum Gasteiger partial charge on any atom is -0.322 e. The molecule has 1 N–H and O–H groups in total. The Labute approximate surface area is 207 Å². The first-order valence-corrected chi connectivity index (χ1v) is 12.0. The van der Waals surface area contributed by atoms with Crippen LogP contribution in [0.3, 0.4) is 0 Å². The van der Waals surface area contributed by atoms with Gasteiger partial charge >= 0.3 is 0 Å². The summed E-state index contributed by atoms with van der Waals surface area (Å²) in [5.41, 5.74) is 4.32. The second kappa shape index (κ2) is 9.37. The average Bonchev–Trinajstić information content (AvgIpc) is 3.01. The van der Waals surface area contributed by atoms with E-state index in [9.17, 15) is 9.59 Å². The Bertz CT molecular complexity index is 1420. The quantitative estimate of drug-likeness (QED) is 0.334. The van der Waals surface area contributed by atoms with Gasteiger partial charge in [0.05, 0.1) is 22.8 Å². The predicted octanol–water partition coefficient (Wildman–Crippen LogP) is 7.21. The Hall–Kier alpha value is -3.54. The van der Waals surface area contributed by atoms with Gasteiger partial charge in [0, 0.05) is 21.0 Å². The van der Waals surface area contributed by atoms with Crippen LogP contribution < -0.4 is 10.2 Å². The minimum absolute atomic E-state index is 0.188. The monoisotopic (exact) mass is 484 g/mol. The Morgan fingerprint density at radius 3 is 2.35 bits per heavy atom. The molecular formula is C28H21ClN2O2S. The van der Waals surface area contributed by atoms with E-state index < -0.39 is 0 Å². The molecule has 0 aromatic heterocycles. The van der Waals surface area contributed by atoms with Crippen LogP contribution in [0.15, 0.2) is 101 Å². The average molecular weight is 485 g/mol. The maximum Gasteiger partial charge on any atom is 0.260 e. The molecule has 5 rings (SSSR count). The van der Waals surface area contributed by atoms with E-state index >= 15 is 0 Å². The van der Waals surface area contributed by atoms with Gasteiger partial charge in [-0.15, -0.1) is 0 Å². The second-order valence-electron chi connectivity index (χ2n) is 8.03. The summed E-state index contributed by atoms with van der Waals surface area (Å²) < 4.78 is 0. The van der Waals surface area contributed by atoms with Crippen molar-refractivity contribution in [1.29, 1.82) is 0 Å². The van der Waals surface area contributed by atoms with E-state index in [1.54, 1.807) is 40.9 Å². The lowest BCUT2D eigenvalue weighted by Gasteiger charge is -2.23. The number of hydrogen-bond acceptors (Lipinski definition) is 3. The van der Waals surface area contributed by atoms with Gasteiger partial charge in [0.25, 0.3) is 11.8 Å². The van der Waals surface area contributed by atoms with Crippen LogP contribution in [0, 0.1) is 6.92 Å².